The highest BCUT2D eigenvalue weighted by molar-refractivity contribution is 6.47. The Labute approximate surface area is 174 Å². The molecule has 0 atom stereocenters. The second kappa shape index (κ2) is 7.48. The fourth-order valence-electron chi connectivity index (χ4n) is 4.45. The number of benzene rings is 2. The Morgan fingerprint density at radius 2 is 1.80 bits per heavy atom. The number of fused-ring (bicyclic) bond motifs is 1. The van der Waals surface area contributed by atoms with Crippen LogP contribution < -0.4 is 14.8 Å². The van der Waals surface area contributed by atoms with Crippen LogP contribution in [0, 0.1) is 0 Å². The van der Waals surface area contributed by atoms with Gasteiger partial charge in [0.05, 0.1) is 0 Å². The van der Waals surface area contributed by atoms with Crippen molar-refractivity contribution in [1.82, 2.24) is 4.90 Å². The summed E-state index contributed by atoms with van der Waals surface area (Å²) in [6, 6.07) is 14.7. The van der Waals surface area contributed by atoms with E-state index in [4.69, 9.17) is 14.5 Å². The summed E-state index contributed by atoms with van der Waals surface area (Å²) in [5.74, 6) is 0.828. The molecule has 5 rings (SSSR count). The minimum absolute atomic E-state index is 0.0346. The molecule has 7 nitrogen and oxygen atoms in total. The molecule has 0 saturated heterocycles. The Hall–Kier alpha value is -3.35. The van der Waals surface area contributed by atoms with Crippen LogP contribution >= 0.6 is 0 Å². The van der Waals surface area contributed by atoms with Gasteiger partial charge in [0, 0.05) is 17.3 Å². The lowest BCUT2D eigenvalue weighted by molar-refractivity contribution is -0.134. The van der Waals surface area contributed by atoms with E-state index in [1.165, 1.54) is 0 Å². The average molecular weight is 405 g/mol. The number of nitrogens with one attached hydrogen (secondary N) is 1. The SMILES string of the molecule is O=C(CN1C(=O)C(c2ccccc2)=NC12CCCCC2)Nc1ccc2c(c1)OCO2. The number of carbonyl (C=O) groups excluding carboxylic acids is 2. The van der Waals surface area contributed by atoms with Gasteiger partial charge in [-0.15, -0.1) is 0 Å². The van der Waals surface area contributed by atoms with Crippen LogP contribution in [-0.2, 0) is 9.59 Å². The largest absolute Gasteiger partial charge is 0.454 e. The summed E-state index contributed by atoms with van der Waals surface area (Å²) in [6.07, 6.45) is 4.69. The third-order valence-electron chi connectivity index (χ3n) is 5.93. The minimum atomic E-state index is -0.618. The summed E-state index contributed by atoms with van der Waals surface area (Å²) >= 11 is 0. The maximum atomic E-state index is 13.3. The molecule has 154 valence electrons. The minimum Gasteiger partial charge on any atom is -0.454 e. The number of ether oxygens (including phenoxy) is 2. The predicted molar refractivity (Wildman–Crippen MR) is 112 cm³/mol. The molecule has 1 N–H and O–H groups in total. The Morgan fingerprint density at radius 1 is 1.03 bits per heavy atom. The molecule has 1 aliphatic carbocycles. The van der Waals surface area contributed by atoms with E-state index < -0.39 is 5.66 Å². The van der Waals surface area contributed by atoms with Gasteiger partial charge >= 0.3 is 0 Å². The molecule has 0 aromatic heterocycles. The molecule has 3 aliphatic rings. The molecule has 2 heterocycles. The first kappa shape index (κ1) is 18.7. The van der Waals surface area contributed by atoms with Gasteiger partial charge in [0.25, 0.3) is 5.91 Å². The zero-order valence-corrected chi connectivity index (χ0v) is 16.6. The maximum Gasteiger partial charge on any atom is 0.275 e. The Balaban J connectivity index is 1.37. The van der Waals surface area contributed by atoms with Crippen LogP contribution in [0.1, 0.15) is 37.7 Å². The predicted octanol–water partition coefficient (Wildman–Crippen LogP) is 3.35. The first-order valence-corrected chi connectivity index (χ1v) is 10.3. The molecule has 0 bridgehead atoms. The smallest absolute Gasteiger partial charge is 0.275 e. The van der Waals surface area contributed by atoms with Gasteiger partial charge in [-0.25, -0.2) is 0 Å². The lowest BCUT2D eigenvalue weighted by Gasteiger charge is -2.38. The van der Waals surface area contributed by atoms with E-state index in [0.29, 0.717) is 22.9 Å². The Bertz CT molecular complexity index is 1010. The summed E-state index contributed by atoms with van der Waals surface area (Å²) in [4.78, 5) is 32.7. The summed E-state index contributed by atoms with van der Waals surface area (Å²) < 4.78 is 10.7. The highest BCUT2D eigenvalue weighted by Gasteiger charge is 2.48. The first-order valence-electron chi connectivity index (χ1n) is 10.3. The summed E-state index contributed by atoms with van der Waals surface area (Å²) in [5.41, 5.74) is 1.24. The number of anilines is 1. The molecule has 30 heavy (non-hydrogen) atoms. The molecule has 7 heteroatoms. The van der Waals surface area contributed by atoms with Crippen molar-refractivity contribution >= 4 is 23.2 Å². The van der Waals surface area contributed by atoms with E-state index in [0.717, 1.165) is 37.7 Å². The normalized spacial score (nSPS) is 19.1. The van der Waals surface area contributed by atoms with Crippen LogP contribution in [-0.4, -0.2) is 41.4 Å². The van der Waals surface area contributed by atoms with Gasteiger partial charge < -0.3 is 19.7 Å². The van der Waals surface area contributed by atoms with Gasteiger partial charge in [-0.05, 0) is 37.8 Å². The van der Waals surface area contributed by atoms with Crippen molar-refractivity contribution < 1.29 is 19.1 Å². The standard InChI is InChI=1S/C23H23N3O4/c27-20(24-17-9-10-18-19(13-17)30-15-29-18)14-26-22(28)21(16-7-3-1-4-8-16)25-23(26)11-5-2-6-12-23/h1,3-4,7-10,13H,2,5-6,11-12,14-15H2,(H,24,27). The average Bonchev–Trinajstić information content (AvgIpc) is 3.33. The number of aliphatic imine (C=N–C) groups is 1. The van der Waals surface area contributed by atoms with Gasteiger partial charge in [-0.1, -0.05) is 36.8 Å². The van der Waals surface area contributed by atoms with Crippen molar-refractivity contribution in [3.05, 3.63) is 54.1 Å². The van der Waals surface area contributed by atoms with Crippen molar-refractivity contribution in [3.63, 3.8) is 0 Å². The fourth-order valence-corrected chi connectivity index (χ4v) is 4.45. The van der Waals surface area contributed by atoms with E-state index in [-0.39, 0.29) is 25.2 Å². The van der Waals surface area contributed by atoms with Crippen LogP contribution in [0.25, 0.3) is 0 Å². The second-order valence-electron chi connectivity index (χ2n) is 7.88. The van der Waals surface area contributed by atoms with E-state index in [2.05, 4.69) is 5.32 Å². The second-order valence-corrected chi connectivity index (χ2v) is 7.88. The Morgan fingerprint density at radius 3 is 2.60 bits per heavy atom. The van der Waals surface area contributed by atoms with Crippen LogP contribution in [0.15, 0.2) is 53.5 Å². The number of carbonyl (C=O) groups is 2. The molecular formula is C23H23N3O4. The molecule has 2 aliphatic heterocycles. The number of hydrogen-bond donors (Lipinski definition) is 1. The lowest BCUT2D eigenvalue weighted by atomic mass is 9.88. The van der Waals surface area contributed by atoms with Gasteiger partial charge in [-0.2, -0.15) is 0 Å². The van der Waals surface area contributed by atoms with E-state index in [1.807, 2.05) is 30.3 Å². The fraction of sp³-hybridized carbons (Fsp3) is 0.348. The third kappa shape index (κ3) is 3.30. The van der Waals surface area contributed by atoms with Crippen molar-refractivity contribution in [2.45, 2.75) is 37.8 Å². The van der Waals surface area contributed by atoms with Crippen LogP contribution in [0.5, 0.6) is 11.5 Å². The number of rotatable bonds is 4. The first-order chi connectivity index (χ1) is 14.6. The number of amides is 2. The molecule has 2 aromatic rings. The molecule has 0 radical (unpaired) electrons. The number of nitrogens with zero attached hydrogens (tertiary/aromatic N) is 2. The third-order valence-corrected chi connectivity index (χ3v) is 5.93. The topological polar surface area (TPSA) is 80.2 Å². The molecule has 1 spiro atoms. The summed E-state index contributed by atoms with van der Waals surface area (Å²) in [5, 5.41) is 2.88. The maximum absolute atomic E-state index is 13.3. The molecule has 1 fully saturated rings. The van der Waals surface area contributed by atoms with E-state index in [1.54, 1.807) is 23.1 Å². The van der Waals surface area contributed by atoms with Gasteiger partial charge in [-0.3, -0.25) is 14.6 Å². The van der Waals surface area contributed by atoms with Crippen molar-refractivity contribution in [2.75, 3.05) is 18.7 Å². The van der Waals surface area contributed by atoms with Crippen LogP contribution in [0.4, 0.5) is 5.69 Å². The number of hydrogen-bond acceptors (Lipinski definition) is 5. The van der Waals surface area contributed by atoms with Gasteiger partial charge in [0.15, 0.2) is 11.5 Å². The van der Waals surface area contributed by atoms with E-state index in [9.17, 15) is 9.59 Å². The lowest BCUT2D eigenvalue weighted by Crippen LogP contribution is -2.51. The molecule has 1 saturated carbocycles. The Kier molecular flexibility index (Phi) is 4.65. The van der Waals surface area contributed by atoms with Gasteiger partial charge in [0.2, 0.25) is 12.7 Å². The van der Waals surface area contributed by atoms with Crippen molar-refractivity contribution in [2.24, 2.45) is 4.99 Å². The molecule has 2 aromatic carbocycles. The molecular weight excluding hydrogens is 382 g/mol. The molecule has 2 amide bonds. The molecule has 0 unspecified atom stereocenters. The highest BCUT2D eigenvalue weighted by atomic mass is 16.7. The van der Waals surface area contributed by atoms with Crippen LogP contribution in [0.2, 0.25) is 0 Å². The monoisotopic (exact) mass is 405 g/mol. The van der Waals surface area contributed by atoms with Crippen molar-refractivity contribution in [3.8, 4) is 11.5 Å². The van der Waals surface area contributed by atoms with Crippen LogP contribution in [0.3, 0.4) is 0 Å². The highest BCUT2D eigenvalue weighted by Crippen LogP contribution is 2.40. The summed E-state index contributed by atoms with van der Waals surface area (Å²) in [7, 11) is 0. The zero-order chi connectivity index (χ0) is 20.6. The summed E-state index contributed by atoms with van der Waals surface area (Å²) in [6.45, 7) is 0.143. The zero-order valence-electron chi connectivity index (χ0n) is 16.6. The quantitative estimate of drug-likeness (QED) is 0.846. The van der Waals surface area contributed by atoms with E-state index >= 15 is 0 Å². The van der Waals surface area contributed by atoms with Gasteiger partial charge in [0.1, 0.15) is 17.9 Å². The van der Waals surface area contributed by atoms with Crippen molar-refractivity contribution in [1.29, 1.82) is 0 Å².